The number of amides is 1. The van der Waals surface area contributed by atoms with Gasteiger partial charge in [0.1, 0.15) is 5.75 Å². The summed E-state index contributed by atoms with van der Waals surface area (Å²) in [6.45, 7) is 3.40. The maximum atomic E-state index is 12.0. The van der Waals surface area contributed by atoms with Gasteiger partial charge in [0.15, 0.2) is 0 Å². The number of carbonyl (C=O) groups is 1. The lowest BCUT2D eigenvalue weighted by Gasteiger charge is -2.32. The zero-order valence-electron chi connectivity index (χ0n) is 11.7. The van der Waals surface area contributed by atoms with Crippen molar-refractivity contribution >= 4 is 5.91 Å². The second kappa shape index (κ2) is 7.26. The summed E-state index contributed by atoms with van der Waals surface area (Å²) in [5, 5.41) is 12.7. The van der Waals surface area contributed by atoms with E-state index >= 15 is 0 Å². The third kappa shape index (κ3) is 3.95. The van der Waals surface area contributed by atoms with Gasteiger partial charge in [0.05, 0.1) is 5.92 Å². The van der Waals surface area contributed by atoms with Gasteiger partial charge in [-0.05, 0) is 25.5 Å². The number of rotatable bonds is 5. The second-order valence-electron chi connectivity index (χ2n) is 5.28. The molecule has 5 heteroatoms. The SMILES string of the molecule is NCCNC(=O)C1CCCN(Cc2ccccc2O)C1. The Kier molecular flexibility index (Phi) is 5.38. The van der Waals surface area contributed by atoms with Crippen LogP contribution in [-0.4, -0.2) is 42.1 Å². The van der Waals surface area contributed by atoms with E-state index in [1.165, 1.54) is 0 Å². The maximum absolute atomic E-state index is 12.0. The van der Waals surface area contributed by atoms with Crippen LogP contribution in [0.3, 0.4) is 0 Å². The molecule has 1 aromatic rings. The smallest absolute Gasteiger partial charge is 0.224 e. The van der Waals surface area contributed by atoms with Crippen LogP contribution in [0.2, 0.25) is 0 Å². The van der Waals surface area contributed by atoms with Crippen LogP contribution in [0.25, 0.3) is 0 Å². The minimum atomic E-state index is 0.0288. The number of para-hydroxylation sites is 1. The van der Waals surface area contributed by atoms with Crippen LogP contribution in [0.1, 0.15) is 18.4 Å². The molecule has 0 radical (unpaired) electrons. The molecule has 1 heterocycles. The number of carbonyl (C=O) groups excluding carboxylic acids is 1. The summed E-state index contributed by atoms with van der Waals surface area (Å²) < 4.78 is 0. The monoisotopic (exact) mass is 277 g/mol. The molecule has 1 atom stereocenters. The summed E-state index contributed by atoms with van der Waals surface area (Å²) in [5.74, 6) is 0.445. The van der Waals surface area contributed by atoms with Gasteiger partial charge < -0.3 is 16.2 Å². The Morgan fingerprint density at radius 3 is 3.00 bits per heavy atom. The van der Waals surface area contributed by atoms with Crippen molar-refractivity contribution in [2.24, 2.45) is 11.7 Å². The second-order valence-corrected chi connectivity index (χ2v) is 5.28. The molecule has 1 amide bonds. The molecule has 0 aliphatic carbocycles. The van der Waals surface area contributed by atoms with Crippen molar-refractivity contribution in [2.45, 2.75) is 19.4 Å². The third-order valence-electron chi connectivity index (χ3n) is 3.71. The van der Waals surface area contributed by atoms with E-state index in [4.69, 9.17) is 5.73 Å². The predicted molar refractivity (Wildman–Crippen MR) is 78.2 cm³/mol. The van der Waals surface area contributed by atoms with Gasteiger partial charge in [-0.25, -0.2) is 0 Å². The Morgan fingerprint density at radius 1 is 1.45 bits per heavy atom. The number of likely N-dealkylation sites (tertiary alicyclic amines) is 1. The molecular formula is C15H23N3O2. The Labute approximate surface area is 119 Å². The van der Waals surface area contributed by atoms with Gasteiger partial charge >= 0.3 is 0 Å². The first-order valence-electron chi connectivity index (χ1n) is 7.17. The predicted octanol–water partition coefficient (Wildman–Crippen LogP) is 0.679. The molecular weight excluding hydrogens is 254 g/mol. The van der Waals surface area contributed by atoms with Crippen LogP contribution in [0, 0.1) is 5.92 Å². The molecule has 0 spiro atoms. The van der Waals surface area contributed by atoms with Gasteiger partial charge in [0, 0.05) is 31.7 Å². The van der Waals surface area contributed by atoms with Crippen molar-refractivity contribution in [2.75, 3.05) is 26.2 Å². The standard InChI is InChI=1S/C15H23N3O2/c16-7-8-17-15(20)13-5-3-9-18(11-13)10-12-4-1-2-6-14(12)19/h1-2,4,6,13,19H,3,5,7-11,16H2,(H,17,20). The van der Waals surface area contributed by atoms with E-state index in [1.54, 1.807) is 6.07 Å². The van der Waals surface area contributed by atoms with E-state index < -0.39 is 0 Å². The summed E-state index contributed by atoms with van der Waals surface area (Å²) in [7, 11) is 0. The molecule has 1 aliphatic heterocycles. The first-order chi connectivity index (χ1) is 9.70. The normalized spacial score (nSPS) is 19.8. The highest BCUT2D eigenvalue weighted by atomic mass is 16.3. The Morgan fingerprint density at radius 2 is 2.25 bits per heavy atom. The number of benzene rings is 1. The topological polar surface area (TPSA) is 78.6 Å². The Hall–Kier alpha value is -1.59. The van der Waals surface area contributed by atoms with E-state index in [-0.39, 0.29) is 11.8 Å². The Balaban J connectivity index is 1.90. The van der Waals surface area contributed by atoms with E-state index in [1.807, 2.05) is 18.2 Å². The number of piperidine rings is 1. The van der Waals surface area contributed by atoms with Crippen LogP contribution < -0.4 is 11.1 Å². The fourth-order valence-corrected chi connectivity index (χ4v) is 2.64. The van der Waals surface area contributed by atoms with Gasteiger partial charge in [-0.3, -0.25) is 9.69 Å². The van der Waals surface area contributed by atoms with Crippen LogP contribution in [0.5, 0.6) is 5.75 Å². The van der Waals surface area contributed by atoms with Crippen molar-refractivity contribution in [1.82, 2.24) is 10.2 Å². The zero-order valence-corrected chi connectivity index (χ0v) is 11.7. The summed E-state index contributed by atoms with van der Waals surface area (Å²) in [6.07, 6.45) is 1.93. The van der Waals surface area contributed by atoms with Gasteiger partial charge in [0.2, 0.25) is 5.91 Å². The molecule has 1 aromatic carbocycles. The van der Waals surface area contributed by atoms with Gasteiger partial charge in [-0.1, -0.05) is 18.2 Å². The average Bonchev–Trinajstić information content (AvgIpc) is 2.47. The van der Waals surface area contributed by atoms with Gasteiger partial charge in [-0.2, -0.15) is 0 Å². The van der Waals surface area contributed by atoms with Crippen molar-refractivity contribution in [3.05, 3.63) is 29.8 Å². The molecule has 1 fully saturated rings. The maximum Gasteiger partial charge on any atom is 0.224 e. The molecule has 4 N–H and O–H groups in total. The minimum absolute atomic E-state index is 0.0288. The molecule has 0 saturated carbocycles. The fraction of sp³-hybridized carbons (Fsp3) is 0.533. The van der Waals surface area contributed by atoms with Crippen molar-refractivity contribution in [3.8, 4) is 5.75 Å². The number of phenols is 1. The molecule has 5 nitrogen and oxygen atoms in total. The molecule has 0 bridgehead atoms. The summed E-state index contributed by atoms with van der Waals surface area (Å²) in [6, 6.07) is 7.36. The van der Waals surface area contributed by atoms with Crippen LogP contribution in [0.4, 0.5) is 0 Å². The lowest BCUT2D eigenvalue weighted by Crippen LogP contribution is -2.43. The van der Waals surface area contributed by atoms with Gasteiger partial charge in [-0.15, -0.1) is 0 Å². The number of hydrogen-bond acceptors (Lipinski definition) is 4. The molecule has 1 aliphatic rings. The number of hydrogen-bond donors (Lipinski definition) is 3. The summed E-state index contributed by atoms with van der Waals surface area (Å²) in [5.41, 5.74) is 6.31. The van der Waals surface area contributed by atoms with Crippen LogP contribution >= 0.6 is 0 Å². The first kappa shape index (κ1) is 14.8. The number of nitrogens with zero attached hydrogens (tertiary/aromatic N) is 1. The van der Waals surface area contributed by atoms with E-state index in [2.05, 4.69) is 10.2 Å². The molecule has 0 aromatic heterocycles. The molecule has 2 rings (SSSR count). The third-order valence-corrected chi connectivity index (χ3v) is 3.71. The Bertz CT molecular complexity index is 450. The molecule has 1 unspecified atom stereocenters. The minimum Gasteiger partial charge on any atom is -0.508 e. The van der Waals surface area contributed by atoms with E-state index in [0.717, 1.165) is 31.5 Å². The number of nitrogens with two attached hydrogens (primary N) is 1. The number of phenolic OH excluding ortho intramolecular Hbond substituents is 1. The number of nitrogens with one attached hydrogen (secondary N) is 1. The van der Waals surface area contributed by atoms with E-state index in [0.29, 0.717) is 25.4 Å². The lowest BCUT2D eigenvalue weighted by molar-refractivity contribution is -0.126. The van der Waals surface area contributed by atoms with Crippen molar-refractivity contribution in [1.29, 1.82) is 0 Å². The molecule has 110 valence electrons. The highest BCUT2D eigenvalue weighted by Crippen LogP contribution is 2.22. The van der Waals surface area contributed by atoms with Crippen LogP contribution in [-0.2, 0) is 11.3 Å². The molecule has 1 saturated heterocycles. The van der Waals surface area contributed by atoms with Crippen molar-refractivity contribution in [3.63, 3.8) is 0 Å². The zero-order chi connectivity index (χ0) is 14.4. The van der Waals surface area contributed by atoms with Crippen LogP contribution in [0.15, 0.2) is 24.3 Å². The van der Waals surface area contributed by atoms with E-state index in [9.17, 15) is 9.90 Å². The summed E-state index contributed by atoms with van der Waals surface area (Å²) in [4.78, 5) is 14.2. The summed E-state index contributed by atoms with van der Waals surface area (Å²) >= 11 is 0. The molecule has 20 heavy (non-hydrogen) atoms. The van der Waals surface area contributed by atoms with Gasteiger partial charge in [0.25, 0.3) is 0 Å². The quantitative estimate of drug-likeness (QED) is 0.739. The largest absolute Gasteiger partial charge is 0.508 e. The lowest BCUT2D eigenvalue weighted by atomic mass is 9.96. The number of aromatic hydroxyl groups is 1. The van der Waals surface area contributed by atoms with Crippen molar-refractivity contribution < 1.29 is 9.90 Å². The fourth-order valence-electron chi connectivity index (χ4n) is 2.64. The highest BCUT2D eigenvalue weighted by Gasteiger charge is 2.25. The first-order valence-corrected chi connectivity index (χ1v) is 7.17. The highest BCUT2D eigenvalue weighted by molar-refractivity contribution is 5.78. The average molecular weight is 277 g/mol.